The first-order valence-electron chi connectivity index (χ1n) is 7.53. The Morgan fingerprint density at radius 3 is 2.78 bits per heavy atom. The molecule has 0 radical (unpaired) electrons. The van der Waals surface area contributed by atoms with E-state index in [1.54, 1.807) is 13.2 Å². The molecule has 0 unspecified atom stereocenters. The summed E-state index contributed by atoms with van der Waals surface area (Å²) in [5.74, 6) is 0.376. The Labute approximate surface area is 136 Å². The molecule has 1 aromatic heterocycles. The zero-order valence-corrected chi connectivity index (χ0v) is 13.7. The van der Waals surface area contributed by atoms with Gasteiger partial charge in [0, 0.05) is 32.0 Å². The van der Waals surface area contributed by atoms with E-state index in [0.29, 0.717) is 18.1 Å². The number of carbonyl (C=O) groups is 1. The van der Waals surface area contributed by atoms with E-state index in [0.717, 1.165) is 29.8 Å². The number of nitrogens with zero attached hydrogens (tertiary/aromatic N) is 2. The third kappa shape index (κ3) is 5.03. The summed E-state index contributed by atoms with van der Waals surface area (Å²) in [4.78, 5) is 20.5. The summed E-state index contributed by atoms with van der Waals surface area (Å²) >= 11 is 0. The number of methoxy groups -OCH3 is 1. The van der Waals surface area contributed by atoms with E-state index in [4.69, 9.17) is 4.74 Å². The van der Waals surface area contributed by atoms with Gasteiger partial charge in [-0.05, 0) is 31.9 Å². The molecule has 0 fully saturated rings. The second kappa shape index (κ2) is 8.24. The fraction of sp³-hybridized carbons (Fsp3) is 0.353. The van der Waals surface area contributed by atoms with Gasteiger partial charge in [-0.2, -0.15) is 0 Å². The Balaban J connectivity index is 2.01. The topological polar surface area (TPSA) is 76.1 Å². The Morgan fingerprint density at radius 1 is 1.22 bits per heavy atom. The number of aryl methyl sites for hydroxylation is 2. The molecule has 0 spiro atoms. The first-order chi connectivity index (χ1) is 11.1. The third-order valence-electron chi connectivity index (χ3n) is 3.36. The number of amides is 1. The number of rotatable bonds is 7. The Hall–Kier alpha value is -2.47. The maximum atomic E-state index is 12.3. The van der Waals surface area contributed by atoms with E-state index >= 15 is 0 Å². The number of nitrogens with one attached hydrogen (secondary N) is 2. The molecule has 2 rings (SSSR count). The van der Waals surface area contributed by atoms with E-state index < -0.39 is 0 Å². The maximum absolute atomic E-state index is 12.3. The van der Waals surface area contributed by atoms with Crippen LogP contribution in [-0.4, -0.2) is 36.1 Å². The van der Waals surface area contributed by atoms with Gasteiger partial charge < -0.3 is 15.4 Å². The minimum atomic E-state index is -0.251. The SMILES string of the molecule is COCCCNc1cc(C(=O)Nc2ccc(C)cc2C)ncn1. The van der Waals surface area contributed by atoms with Crippen molar-refractivity contribution in [2.24, 2.45) is 0 Å². The number of anilines is 2. The molecule has 1 heterocycles. The van der Waals surface area contributed by atoms with Crippen molar-refractivity contribution < 1.29 is 9.53 Å². The highest BCUT2D eigenvalue weighted by Crippen LogP contribution is 2.17. The first kappa shape index (κ1) is 16.9. The molecule has 122 valence electrons. The van der Waals surface area contributed by atoms with Crippen LogP contribution >= 0.6 is 0 Å². The summed E-state index contributed by atoms with van der Waals surface area (Å²) in [6, 6.07) is 7.53. The molecule has 23 heavy (non-hydrogen) atoms. The van der Waals surface area contributed by atoms with Crippen LogP contribution in [0.3, 0.4) is 0 Å². The number of ether oxygens (including phenoxy) is 1. The van der Waals surface area contributed by atoms with Crippen molar-refractivity contribution >= 4 is 17.4 Å². The van der Waals surface area contributed by atoms with Crippen LogP contribution in [0.4, 0.5) is 11.5 Å². The van der Waals surface area contributed by atoms with Gasteiger partial charge in [0.15, 0.2) is 0 Å². The lowest BCUT2D eigenvalue weighted by atomic mass is 10.1. The molecule has 0 aliphatic carbocycles. The Morgan fingerprint density at radius 2 is 2.04 bits per heavy atom. The molecule has 0 atom stereocenters. The highest BCUT2D eigenvalue weighted by atomic mass is 16.5. The minimum Gasteiger partial charge on any atom is -0.385 e. The minimum absolute atomic E-state index is 0.251. The van der Waals surface area contributed by atoms with Crippen LogP contribution in [0.2, 0.25) is 0 Å². The first-order valence-corrected chi connectivity index (χ1v) is 7.53. The van der Waals surface area contributed by atoms with Crippen LogP contribution in [-0.2, 0) is 4.74 Å². The zero-order chi connectivity index (χ0) is 16.7. The quantitative estimate of drug-likeness (QED) is 0.769. The van der Waals surface area contributed by atoms with Crippen molar-refractivity contribution in [1.29, 1.82) is 0 Å². The van der Waals surface area contributed by atoms with Gasteiger partial charge >= 0.3 is 0 Å². The van der Waals surface area contributed by atoms with E-state index in [-0.39, 0.29) is 5.91 Å². The predicted molar refractivity (Wildman–Crippen MR) is 90.9 cm³/mol. The van der Waals surface area contributed by atoms with E-state index in [9.17, 15) is 4.79 Å². The lowest BCUT2D eigenvalue weighted by Crippen LogP contribution is -2.15. The summed E-state index contributed by atoms with van der Waals surface area (Å²) in [6.45, 7) is 5.39. The second-order valence-corrected chi connectivity index (χ2v) is 5.33. The van der Waals surface area contributed by atoms with Gasteiger partial charge in [0.25, 0.3) is 5.91 Å². The predicted octanol–water partition coefficient (Wildman–Crippen LogP) is 2.79. The average Bonchev–Trinajstić information content (AvgIpc) is 2.54. The van der Waals surface area contributed by atoms with Crippen LogP contribution in [0, 0.1) is 13.8 Å². The number of hydrogen-bond acceptors (Lipinski definition) is 5. The molecule has 0 aliphatic heterocycles. The average molecular weight is 314 g/mol. The Bertz CT molecular complexity index is 673. The molecular weight excluding hydrogens is 292 g/mol. The lowest BCUT2D eigenvalue weighted by molar-refractivity contribution is 0.102. The summed E-state index contributed by atoms with van der Waals surface area (Å²) < 4.78 is 4.99. The highest BCUT2D eigenvalue weighted by Gasteiger charge is 2.10. The molecule has 6 heteroatoms. The zero-order valence-electron chi connectivity index (χ0n) is 13.7. The van der Waals surface area contributed by atoms with Gasteiger partial charge in [-0.3, -0.25) is 4.79 Å². The summed E-state index contributed by atoms with van der Waals surface area (Å²) in [5.41, 5.74) is 3.29. The van der Waals surface area contributed by atoms with Crippen LogP contribution in [0.15, 0.2) is 30.6 Å². The molecule has 1 aromatic carbocycles. The fourth-order valence-corrected chi connectivity index (χ4v) is 2.15. The van der Waals surface area contributed by atoms with Crippen LogP contribution in [0.5, 0.6) is 0 Å². The van der Waals surface area contributed by atoms with Crippen molar-refractivity contribution in [3.8, 4) is 0 Å². The van der Waals surface area contributed by atoms with E-state index in [1.807, 2.05) is 32.0 Å². The van der Waals surface area contributed by atoms with E-state index in [1.165, 1.54) is 6.33 Å². The van der Waals surface area contributed by atoms with Gasteiger partial charge in [-0.25, -0.2) is 9.97 Å². The molecule has 6 nitrogen and oxygen atoms in total. The fourth-order valence-electron chi connectivity index (χ4n) is 2.15. The van der Waals surface area contributed by atoms with Crippen LogP contribution in [0.25, 0.3) is 0 Å². The lowest BCUT2D eigenvalue weighted by Gasteiger charge is -2.10. The highest BCUT2D eigenvalue weighted by molar-refractivity contribution is 6.03. The van der Waals surface area contributed by atoms with Crippen LogP contribution < -0.4 is 10.6 Å². The number of hydrogen-bond donors (Lipinski definition) is 2. The van der Waals surface area contributed by atoms with Crippen molar-refractivity contribution in [3.63, 3.8) is 0 Å². The number of carbonyl (C=O) groups excluding carboxylic acids is 1. The molecule has 0 saturated carbocycles. The van der Waals surface area contributed by atoms with Crippen molar-refractivity contribution in [3.05, 3.63) is 47.4 Å². The van der Waals surface area contributed by atoms with Crippen molar-refractivity contribution in [1.82, 2.24) is 9.97 Å². The second-order valence-electron chi connectivity index (χ2n) is 5.33. The summed E-state index contributed by atoms with van der Waals surface area (Å²) in [6.07, 6.45) is 2.25. The maximum Gasteiger partial charge on any atom is 0.274 e. The van der Waals surface area contributed by atoms with Gasteiger partial charge in [-0.15, -0.1) is 0 Å². The van der Waals surface area contributed by atoms with Gasteiger partial charge in [0.05, 0.1) is 0 Å². The number of benzene rings is 1. The monoisotopic (exact) mass is 314 g/mol. The molecule has 0 aliphatic rings. The molecule has 1 amide bonds. The molecule has 0 bridgehead atoms. The molecular formula is C17H22N4O2. The third-order valence-corrected chi connectivity index (χ3v) is 3.36. The van der Waals surface area contributed by atoms with Gasteiger partial charge in [-0.1, -0.05) is 17.7 Å². The molecule has 2 aromatic rings. The summed E-state index contributed by atoms with van der Waals surface area (Å²) in [5, 5.41) is 6.03. The largest absolute Gasteiger partial charge is 0.385 e. The molecule has 0 saturated heterocycles. The Kier molecular flexibility index (Phi) is 6.05. The summed E-state index contributed by atoms with van der Waals surface area (Å²) in [7, 11) is 1.67. The van der Waals surface area contributed by atoms with Crippen LogP contribution in [0.1, 0.15) is 28.0 Å². The van der Waals surface area contributed by atoms with Gasteiger partial charge in [0.1, 0.15) is 17.8 Å². The number of aromatic nitrogens is 2. The van der Waals surface area contributed by atoms with Crippen molar-refractivity contribution in [2.45, 2.75) is 20.3 Å². The van der Waals surface area contributed by atoms with Crippen molar-refractivity contribution in [2.75, 3.05) is 30.9 Å². The van der Waals surface area contributed by atoms with E-state index in [2.05, 4.69) is 20.6 Å². The normalized spacial score (nSPS) is 10.4. The van der Waals surface area contributed by atoms with Gasteiger partial charge in [0.2, 0.25) is 0 Å². The molecule has 2 N–H and O–H groups in total. The standard InChI is InChI=1S/C17H22N4O2/c1-12-5-6-14(13(2)9-12)21-17(22)15-10-16(20-11-19-15)18-7-4-8-23-3/h5-6,9-11H,4,7-8H2,1-3H3,(H,21,22)(H,18,19,20). The smallest absolute Gasteiger partial charge is 0.274 e.